The zero-order valence-corrected chi connectivity index (χ0v) is 11.2. The summed E-state index contributed by atoms with van der Waals surface area (Å²) in [6.07, 6.45) is 2.62. The Morgan fingerprint density at radius 2 is 2.33 bits per heavy atom. The molecule has 1 aromatic carbocycles. The van der Waals surface area contributed by atoms with Crippen molar-refractivity contribution >= 4 is 34.0 Å². The van der Waals surface area contributed by atoms with Crippen LogP contribution in [0.25, 0.3) is 0 Å². The highest BCUT2D eigenvalue weighted by molar-refractivity contribution is 14.1. The quantitative estimate of drug-likeness (QED) is 0.671. The number of nitrogens with two attached hydrogens (primary N) is 1. The summed E-state index contributed by atoms with van der Waals surface area (Å²) < 4.78 is 1.27. The molecular formula is C12H17IN2. The van der Waals surface area contributed by atoms with Gasteiger partial charge in [0.15, 0.2) is 0 Å². The predicted molar refractivity (Wildman–Crippen MR) is 74.2 cm³/mol. The zero-order chi connectivity index (χ0) is 10.8. The van der Waals surface area contributed by atoms with Crippen molar-refractivity contribution in [2.75, 3.05) is 23.7 Å². The van der Waals surface area contributed by atoms with Crippen LogP contribution in [0, 0.1) is 9.49 Å². The van der Waals surface area contributed by atoms with Gasteiger partial charge in [0, 0.05) is 22.3 Å². The fourth-order valence-corrected chi connectivity index (χ4v) is 3.04. The van der Waals surface area contributed by atoms with Crippen LogP contribution in [-0.2, 0) is 0 Å². The van der Waals surface area contributed by atoms with E-state index in [1.165, 1.54) is 35.2 Å². The van der Waals surface area contributed by atoms with E-state index in [2.05, 4.69) is 46.5 Å². The van der Waals surface area contributed by atoms with E-state index in [1.807, 2.05) is 6.07 Å². The molecule has 1 aliphatic rings. The number of rotatable bonds is 2. The van der Waals surface area contributed by atoms with Gasteiger partial charge in [0.25, 0.3) is 0 Å². The van der Waals surface area contributed by atoms with Gasteiger partial charge in [0.2, 0.25) is 0 Å². The number of hydrogen-bond donors (Lipinski definition) is 1. The minimum Gasteiger partial charge on any atom is -0.399 e. The molecule has 3 heteroatoms. The van der Waals surface area contributed by atoms with Gasteiger partial charge in [0.05, 0.1) is 5.69 Å². The second-order valence-corrected chi connectivity index (χ2v) is 5.38. The molecule has 82 valence electrons. The van der Waals surface area contributed by atoms with E-state index in [-0.39, 0.29) is 0 Å². The molecule has 15 heavy (non-hydrogen) atoms. The van der Waals surface area contributed by atoms with Gasteiger partial charge in [-0.15, -0.1) is 0 Å². The summed E-state index contributed by atoms with van der Waals surface area (Å²) in [5.74, 6) is 0.873. The third-order valence-electron chi connectivity index (χ3n) is 3.18. The maximum atomic E-state index is 5.76. The molecule has 1 aliphatic heterocycles. The van der Waals surface area contributed by atoms with Crippen LogP contribution in [0.5, 0.6) is 0 Å². The van der Waals surface area contributed by atoms with Gasteiger partial charge < -0.3 is 10.6 Å². The predicted octanol–water partition coefficient (Wildman–Crippen LogP) is 3.11. The molecule has 1 aromatic rings. The van der Waals surface area contributed by atoms with Crippen LogP contribution in [0.15, 0.2) is 18.2 Å². The Bertz CT molecular complexity index is 351. The van der Waals surface area contributed by atoms with Gasteiger partial charge in [-0.2, -0.15) is 0 Å². The van der Waals surface area contributed by atoms with Crippen molar-refractivity contribution in [3.63, 3.8) is 0 Å². The molecule has 1 saturated heterocycles. The summed E-state index contributed by atoms with van der Waals surface area (Å²) in [4.78, 5) is 2.48. The lowest BCUT2D eigenvalue weighted by molar-refractivity contribution is 0.569. The van der Waals surface area contributed by atoms with E-state index in [9.17, 15) is 0 Å². The first-order valence-electron chi connectivity index (χ1n) is 5.50. The Labute approximate surface area is 105 Å². The van der Waals surface area contributed by atoms with Crippen LogP contribution >= 0.6 is 22.6 Å². The van der Waals surface area contributed by atoms with Gasteiger partial charge in [-0.1, -0.05) is 13.3 Å². The second-order valence-electron chi connectivity index (χ2n) is 4.22. The fraction of sp³-hybridized carbons (Fsp3) is 0.500. The van der Waals surface area contributed by atoms with Crippen molar-refractivity contribution in [2.24, 2.45) is 5.92 Å². The van der Waals surface area contributed by atoms with E-state index >= 15 is 0 Å². The highest BCUT2D eigenvalue weighted by Crippen LogP contribution is 2.30. The number of anilines is 2. The number of benzene rings is 1. The van der Waals surface area contributed by atoms with E-state index in [4.69, 9.17) is 5.73 Å². The Morgan fingerprint density at radius 3 is 2.93 bits per heavy atom. The van der Waals surface area contributed by atoms with E-state index in [0.717, 1.165) is 11.6 Å². The fourth-order valence-electron chi connectivity index (χ4n) is 2.16. The lowest BCUT2D eigenvalue weighted by atomic mass is 10.1. The Balaban J connectivity index is 2.17. The van der Waals surface area contributed by atoms with Gasteiger partial charge in [-0.25, -0.2) is 0 Å². The first-order valence-corrected chi connectivity index (χ1v) is 6.58. The first-order chi connectivity index (χ1) is 7.20. The standard InChI is InChI=1S/C12H17IN2/c1-2-9-5-6-15(8-9)12-4-3-10(14)7-11(12)13/h3-4,7,9H,2,5-6,8,14H2,1H3. The highest BCUT2D eigenvalue weighted by atomic mass is 127. The third kappa shape index (κ3) is 2.38. The molecule has 0 bridgehead atoms. The molecule has 1 fully saturated rings. The number of nitrogen functional groups attached to an aromatic ring is 1. The van der Waals surface area contributed by atoms with Crippen molar-refractivity contribution in [3.05, 3.63) is 21.8 Å². The molecule has 0 aromatic heterocycles. The minimum atomic E-state index is 0.856. The second kappa shape index (κ2) is 4.60. The zero-order valence-electron chi connectivity index (χ0n) is 9.04. The van der Waals surface area contributed by atoms with Crippen LogP contribution < -0.4 is 10.6 Å². The molecule has 2 N–H and O–H groups in total. The molecular weight excluding hydrogens is 299 g/mol. The summed E-state index contributed by atoms with van der Waals surface area (Å²) >= 11 is 2.37. The monoisotopic (exact) mass is 316 g/mol. The smallest absolute Gasteiger partial charge is 0.0503 e. The van der Waals surface area contributed by atoms with Crippen LogP contribution in [-0.4, -0.2) is 13.1 Å². The third-order valence-corrected chi connectivity index (χ3v) is 4.04. The van der Waals surface area contributed by atoms with E-state index in [0.29, 0.717) is 0 Å². The molecule has 0 radical (unpaired) electrons. The average Bonchev–Trinajstić information content (AvgIpc) is 2.66. The van der Waals surface area contributed by atoms with Crippen molar-refractivity contribution < 1.29 is 0 Å². The molecule has 0 spiro atoms. The topological polar surface area (TPSA) is 29.3 Å². The minimum absolute atomic E-state index is 0.856. The van der Waals surface area contributed by atoms with Crippen LogP contribution in [0.3, 0.4) is 0 Å². The van der Waals surface area contributed by atoms with E-state index < -0.39 is 0 Å². The lowest BCUT2D eigenvalue weighted by Crippen LogP contribution is -2.20. The van der Waals surface area contributed by atoms with Crippen molar-refractivity contribution in [3.8, 4) is 0 Å². The number of hydrogen-bond acceptors (Lipinski definition) is 2. The van der Waals surface area contributed by atoms with Gasteiger partial charge in [-0.05, 0) is 53.1 Å². The summed E-state index contributed by atoms with van der Waals surface area (Å²) in [5, 5.41) is 0. The maximum absolute atomic E-state index is 5.76. The molecule has 1 unspecified atom stereocenters. The molecule has 0 saturated carbocycles. The Kier molecular flexibility index (Phi) is 3.38. The maximum Gasteiger partial charge on any atom is 0.0503 e. The summed E-state index contributed by atoms with van der Waals surface area (Å²) in [5.41, 5.74) is 7.96. The van der Waals surface area contributed by atoms with Gasteiger partial charge in [0.1, 0.15) is 0 Å². The number of nitrogens with zero attached hydrogens (tertiary/aromatic N) is 1. The van der Waals surface area contributed by atoms with Gasteiger partial charge in [-0.3, -0.25) is 0 Å². The molecule has 0 aliphatic carbocycles. The summed E-state index contributed by atoms with van der Waals surface area (Å²) in [6, 6.07) is 6.20. The SMILES string of the molecule is CCC1CCN(c2ccc(N)cc2I)C1. The molecule has 2 nitrogen and oxygen atoms in total. The average molecular weight is 316 g/mol. The summed E-state index contributed by atoms with van der Waals surface area (Å²) in [7, 11) is 0. The van der Waals surface area contributed by atoms with Gasteiger partial charge >= 0.3 is 0 Å². The molecule has 1 atom stereocenters. The van der Waals surface area contributed by atoms with Crippen molar-refractivity contribution in [2.45, 2.75) is 19.8 Å². The molecule has 2 rings (SSSR count). The lowest BCUT2D eigenvalue weighted by Gasteiger charge is -2.20. The summed E-state index contributed by atoms with van der Waals surface area (Å²) in [6.45, 7) is 4.68. The largest absolute Gasteiger partial charge is 0.399 e. The molecule has 1 heterocycles. The Morgan fingerprint density at radius 1 is 1.53 bits per heavy atom. The molecule has 0 amide bonds. The van der Waals surface area contributed by atoms with Crippen LogP contribution in [0.4, 0.5) is 11.4 Å². The first kappa shape index (κ1) is 11.0. The van der Waals surface area contributed by atoms with Crippen molar-refractivity contribution in [1.82, 2.24) is 0 Å². The normalized spacial score (nSPS) is 20.9. The van der Waals surface area contributed by atoms with Crippen molar-refractivity contribution in [1.29, 1.82) is 0 Å². The Hall–Kier alpha value is -0.450. The van der Waals surface area contributed by atoms with Crippen LogP contribution in [0.1, 0.15) is 19.8 Å². The number of halogens is 1. The van der Waals surface area contributed by atoms with E-state index in [1.54, 1.807) is 0 Å². The van der Waals surface area contributed by atoms with Crippen LogP contribution in [0.2, 0.25) is 0 Å². The highest BCUT2D eigenvalue weighted by Gasteiger charge is 2.22.